The van der Waals surface area contributed by atoms with Crippen LogP contribution in [0.2, 0.25) is 0 Å². The Morgan fingerprint density at radius 1 is 1.17 bits per heavy atom. The number of aromatic hydroxyl groups is 1. The number of phenols is 1. The number of pyridine rings is 1. The highest BCUT2D eigenvalue weighted by Crippen LogP contribution is 2.32. The molecule has 3 N–H and O–H groups in total. The lowest BCUT2D eigenvalue weighted by Gasteiger charge is -2.13. The van der Waals surface area contributed by atoms with Crippen molar-refractivity contribution in [1.29, 1.82) is 5.26 Å². The first-order valence-corrected chi connectivity index (χ1v) is 6.95. The Morgan fingerprint density at radius 2 is 1.79 bits per heavy atom. The zero-order valence-electron chi connectivity index (χ0n) is 12.9. The maximum absolute atomic E-state index is 12.7. The standard InChI is InChI=1S/C16H13N5O3/c1-20-14-12(15(23)21(2)16(20)24)11(10(7-17)13(18)19-14)8-3-5-9(22)6-4-8/h3-6,22H,1-2H3,(H2,18,19). The number of benzene rings is 1. The third kappa shape index (κ3) is 2.03. The molecule has 3 aromatic rings. The van der Waals surface area contributed by atoms with Crippen LogP contribution in [0.4, 0.5) is 5.82 Å². The molecule has 24 heavy (non-hydrogen) atoms. The van der Waals surface area contributed by atoms with Gasteiger partial charge in [-0.3, -0.25) is 13.9 Å². The van der Waals surface area contributed by atoms with Crippen molar-refractivity contribution >= 4 is 16.9 Å². The molecule has 0 aliphatic heterocycles. The minimum atomic E-state index is -0.569. The van der Waals surface area contributed by atoms with Crippen LogP contribution in [-0.2, 0) is 14.1 Å². The van der Waals surface area contributed by atoms with Crippen LogP contribution in [0.25, 0.3) is 22.2 Å². The average molecular weight is 323 g/mol. The number of nitrogens with two attached hydrogens (primary N) is 1. The fourth-order valence-electron chi connectivity index (χ4n) is 2.64. The number of fused-ring (bicyclic) bond motifs is 1. The van der Waals surface area contributed by atoms with Gasteiger partial charge in [0.2, 0.25) is 0 Å². The normalized spacial score (nSPS) is 10.7. The SMILES string of the molecule is Cn1c(=O)c2c(-c3ccc(O)cc3)c(C#N)c(N)nc2n(C)c1=O. The van der Waals surface area contributed by atoms with Crippen molar-refractivity contribution in [2.75, 3.05) is 5.73 Å². The van der Waals surface area contributed by atoms with Gasteiger partial charge in [-0.2, -0.15) is 5.26 Å². The molecular weight excluding hydrogens is 310 g/mol. The van der Waals surface area contributed by atoms with Gasteiger partial charge in [0.15, 0.2) is 5.65 Å². The summed E-state index contributed by atoms with van der Waals surface area (Å²) >= 11 is 0. The van der Waals surface area contributed by atoms with E-state index in [2.05, 4.69) is 4.98 Å². The van der Waals surface area contributed by atoms with E-state index in [-0.39, 0.29) is 33.7 Å². The maximum atomic E-state index is 12.7. The summed E-state index contributed by atoms with van der Waals surface area (Å²) in [5.74, 6) is -0.0276. The van der Waals surface area contributed by atoms with Crippen molar-refractivity contribution in [3.8, 4) is 22.9 Å². The third-order valence-electron chi connectivity index (χ3n) is 3.88. The van der Waals surface area contributed by atoms with Gasteiger partial charge in [-0.05, 0) is 17.7 Å². The summed E-state index contributed by atoms with van der Waals surface area (Å²) in [5, 5.41) is 19.0. The Balaban J connectivity index is 2.65. The van der Waals surface area contributed by atoms with E-state index in [0.717, 1.165) is 4.57 Å². The molecule has 0 radical (unpaired) electrons. The lowest BCUT2D eigenvalue weighted by Crippen LogP contribution is -2.37. The van der Waals surface area contributed by atoms with E-state index in [1.807, 2.05) is 6.07 Å². The van der Waals surface area contributed by atoms with Crippen molar-refractivity contribution in [1.82, 2.24) is 14.1 Å². The van der Waals surface area contributed by atoms with Gasteiger partial charge in [-0.15, -0.1) is 0 Å². The number of aryl methyl sites for hydroxylation is 1. The highest BCUT2D eigenvalue weighted by molar-refractivity contribution is 5.97. The number of hydrogen-bond acceptors (Lipinski definition) is 6. The molecule has 0 bridgehead atoms. The Hall–Kier alpha value is -3.60. The summed E-state index contributed by atoms with van der Waals surface area (Å²) in [6.07, 6.45) is 0. The van der Waals surface area contributed by atoms with Crippen LogP contribution in [-0.4, -0.2) is 19.2 Å². The van der Waals surface area contributed by atoms with E-state index in [4.69, 9.17) is 5.73 Å². The molecule has 0 fully saturated rings. The summed E-state index contributed by atoms with van der Waals surface area (Å²) in [4.78, 5) is 28.8. The molecule has 8 nitrogen and oxygen atoms in total. The molecule has 0 atom stereocenters. The highest BCUT2D eigenvalue weighted by atomic mass is 16.3. The fraction of sp³-hybridized carbons (Fsp3) is 0.125. The van der Waals surface area contributed by atoms with Crippen LogP contribution in [0.3, 0.4) is 0 Å². The predicted molar refractivity (Wildman–Crippen MR) is 88.5 cm³/mol. The van der Waals surface area contributed by atoms with Crippen molar-refractivity contribution < 1.29 is 5.11 Å². The van der Waals surface area contributed by atoms with Crippen LogP contribution in [0, 0.1) is 11.3 Å². The number of rotatable bonds is 1. The minimum absolute atomic E-state index is 0.0453. The lowest BCUT2D eigenvalue weighted by atomic mass is 9.98. The van der Waals surface area contributed by atoms with Gasteiger partial charge in [0.1, 0.15) is 23.2 Å². The first kappa shape index (κ1) is 15.3. The second-order valence-corrected chi connectivity index (χ2v) is 5.31. The molecule has 0 unspecified atom stereocenters. The Bertz CT molecular complexity index is 1130. The Morgan fingerprint density at radius 3 is 2.38 bits per heavy atom. The molecule has 0 spiro atoms. The van der Waals surface area contributed by atoms with Gasteiger partial charge < -0.3 is 10.8 Å². The smallest absolute Gasteiger partial charge is 0.332 e. The fourth-order valence-corrected chi connectivity index (χ4v) is 2.64. The van der Waals surface area contributed by atoms with Gasteiger partial charge >= 0.3 is 5.69 Å². The Labute approximate surface area is 135 Å². The van der Waals surface area contributed by atoms with Gasteiger partial charge in [-0.25, -0.2) is 9.78 Å². The van der Waals surface area contributed by atoms with E-state index in [0.29, 0.717) is 5.56 Å². The predicted octanol–water partition coefficient (Wildman–Crippen LogP) is 0.459. The monoisotopic (exact) mass is 323 g/mol. The summed E-state index contributed by atoms with van der Waals surface area (Å²) in [5.41, 5.74) is 5.70. The second kappa shape index (κ2) is 5.24. The lowest BCUT2D eigenvalue weighted by molar-refractivity contribution is 0.475. The highest BCUT2D eigenvalue weighted by Gasteiger charge is 2.21. The quantitative estimate of drug-likeness (QED) is 0.669. The summed E-state index contributed by atoms with van der Waals surface area (Å²) in [6.45, 7) is 0. The maximum Gasteiger partial charge on any atom is 0.332 e. The van der Waals surface area contributed by atoms with Crippen molar-refractivity contribution in [2.24, 2.45) is 14.1 Å². The number of hydrogen-bond donors (Lipinski definition) is 2. The van der Waals surface area contributed by atoms with Gasteiger partial charge in [0.05, 0.1) is 5.39 Å². The molecule has 0 aliphatic carbocycles. The average Bonchev–Trinajstić information content (AvgIpc) is 2.57. The summed E-state index contributed by atoms with van der Waals surface area (Å²) in [6, 6.07) is 7.96. The zero-order chi connectivity index (χ0) is 17.6. The molecule has 0 aliphatic rings. The second-order valence-electron chi connectivity index (χ2n) is 5.31. The van der Waals surface area contributed by atoms with Gasteiger partial charge in [0, 0.05) is 19.7 Å². The van der Waals surface area contributed by atoms with Crippen molar-refractivity contribution in [3.05, 3.63) is 50.7 Å². The largest absolute Gasteiger partial charge is 0.508 e. The van der Waals surface area contributed by atoms with Crippen LogP contribution in [0.5, 0.6) is 5.75 Å². The van der Waals surface area contributed by atoms with Crippen LogP contribution in [0.1, 0.15) is 5.56 Å². The first-order chi connectivity index (χ1) is 11.4. The van der Waals surface area contributed by atoms with Gasteiger partial charge in [-0.1, -0.05) is 12.1 Å². The van der Waals surface area contributed by atoms with E-state index in [9.17, 15) is 20.0 Å². The molecule has 120 valence electrons. The molecule has 0 saturated heterocycles. The zero-order valence-corrected chi connectivity index (χ0v) is 12.9. The van der Waals surface area contributed by atoms with E-state index < -0.39 is 11.2 Å². The molecule has 0 saturated carbocycles. The molecular formula is C16H13N5O3. The number of nitrogen functional groups attached to an aromatic ring is 1. The van der Waals surface area contributed by atoms with E-state index in [1.165, 1.54) is 30.8 Å². The summed E-state index contributed by atoms with van der Waals surface area (Å²) in [7, 11) is 2.83. The Kier molecular flexibility index (Phi) is 3.34. The van der Waals surface area contributed by atoms with E-state index >= 15 is 0 Å². The third-order valence-corrected chi connectivity index (χ3v) is 3.88. The van der Waals surface area contributed by atoms with E-state index in [1.54, 1.807) is 12.1 Å². The van der Waals surface area contributed by atoms with Gasteiger partial charge in [0.25, 0.3) is 5.56 Å². The minimum Gasteiger partial charge on any atom is -0.508 e. The van der Waals surface area contributed by atoms with Crippen molar-refractivity contribution in [3.63, 3.8) is 0 Å². The molecule has 0 amide bonds. The molecule has 3 rings (SSSR count). The van der Waals surface area contributed by atoms with Crippen LogP contribution >= 0.6 is 0 Å². The van der Waals surface area contributed by atoms with Crippen molar-refractivity contribution in [2.45, 2.75) is 0 Å². The number of nitrogens with zero attached hydrogens (tertiary/aromatic N) is 4. The number of phenolic OH excluding ortho intramolecular Hbond substituents is 1. The topological polar surface area (TPSA) is 127 Å². The van der Waals surface area contributed by atoms with Crippen LogP contribution in [0.15, 0.2) is 33.9 Å². The molecule has 1 aromatic carbocycles. The molecule has 2 heterocycles. The first-order valence-electron chi connectivity index (χ1n) is 6.95. The molecule has 2 aromatic heterocycles. The summed E-state index contributed by atoms with van der Waals surface area (Å²) < 4.78 is 2.16. The molecule has 8 heteroatoms. The number of anilines is 1. The van der Waals surface area contributed by atoms with Crippen LogP contribution < -0.4 is 17.0 Å². The number of aromatic nitrogens is 3. The number of nitriles is 1.